The molecule has 0 aromatic heterocycles. The van der Waals surface area contributed by atoms with Crippen molar-refractivity contribution in [1.82, 2.24) is 0 Å². The van der Waals surface area contributed by atoms with Gasteiger partial charge in [-0.1, -0.05) is 0 Å². The van der Waals surface area contributed by atoms with Gasteiger partial charge < -0.3 is 20.3 Å². The second kappa shape index (κ2) is 4.51. The van der Waals surface area contributed by atoms with Gasteiger partial charge >= 0.3 is 0 Å². The van der Waals surface area contributed by atoms with Crippen molar-refractivity contribution in [2.45, 2.75) is 12.5 Å². The van der Waals surface area contributed by atoms with Gasteiger partial charge in [-0.15, -0.1) is 0 Å². The van der Waals surface area contributed by atoms with Crippen LogP contribution in [0.5, 0.6) is 5.75 Å². The molecule has 0 unspecified atom stereocenters. The van der Waals surface area contributed by atoms with E-state index in [9.17, 15) is 0 Å². The van der Waals surface area contributed by atoms with Crippen LogP contribution in [-0.4, -0.2) is 36.1 Å². The summed E-state index contributed by atoms with van der Waals surface area (Å²) >= 11 is 0. The summed E-state index contributed by atoms with van der Waals surface area (Å²) in [6.07, 6.45) is 0.924. The molecule has 0 spiro atoms. The molecule has 0 radical (unpaired) electrons. The van der Waals surface area contributed by atoms with Crippen LogP contribution in [0.4, 0.5) is 5.69 Å². The second-order valence-electron chi connectivity index (χ2n) is 3.63. The topological polar surface area (TPSA) is 61.7 Å². The molecule has 0 aliphatic carbocycles. The average Bonchev–Trinajstić information content (AvgIpc) is 2.73. The summed E-state index contributed by atoms with van der Waals surface area (Å²) in [5, 5.41) is 20.9. The molecule has 0 saturated heterocycles. The fraction of sp³-hybridized carbons (Fsp3) is 0.455. The minimum atomic E-state index is -0.301. The van der Waals surface area contributed by atoms with Crippen LogP contribution in [0.3, 0.4) is 0 Å². The van der Waals surface area contributed by atoms with Crippen molar-refractivity contribution in [1.29, 1.82) is 0 Å². The fourth-order valence-corrected chi connectivity index (χ4v) is 1.66. The highest BCUT2D eigenvalue weighted by Crippen LogP contribution is 2.27. The monoisotopic (exact) mass is 209 g/mol. The largest absolute Gasteiger partial charge is 0.493 e. The summed E-state index contributed by atoms with van der Waals surface area (Å²) < 4.78 is 5.38. The number of hydrogen-bond donors (Lipinski definition) is 3. The van der Waals surface area contributed by atoms with Gasteiger partial charge in [-0.2, -0.15) is 0 Å². The quantitative estimate of drug-likeness (QED) is 0.671. The Balaban J connectivity index is 2.09. The fourth-order valence-electron chi connectivity index (χ4n) is 1.66. The van der Waals surface area contributed by atoms with Gasteiger partial charge in [-0.25, -0.2) is 0 Å². The van der Waals surface area contributed by atoms with E-state index in [0.717, 1.165) is 24.5 Å². The number of rotatable bonds is 4. The standard InChI is InChI=1S/C11H15NO3/c13-6-10(7-14)12-9-1-2-11-8(5-9)3-4-15-11/h1-2,5,10,12-14H,3-4,6-7H2. The minimum Gasteiger partial charge on any atom is -0.493 e. The Bertz CT molecular complexity index is 337. The number of aliphatic hydroxyl groups is 2. The van der Waals surface area contributed by atoms with E-state index in [0.29, 0.717) is 0 Å². The van der Waals surface area contributed by atoms with Crippen LogP contribution in [0.2, 0.25) is 0 Å². The summed E-state index contributed by atoms with van der Waals surface area (Å²) in [4.78, 5) is 0. The van der Waals surface area contributed by atoms with Crippen LogP contribution in [0, 0.1) is 0 Å². The summed E-state index contributed by atoms with van der Waals surface area (Å²) in [5.74, 6) is 0.935. The van der Waals surface area contributed by atoms with E-state index in [2.05, 4.69) is 5.32 Å². The number of fused-ring (bicyclic) bond motifs is 1. The molecule has 1 aromatic rings. The highest BCUT2D eigenvalue weighted by Gasteiger charge is 2.13. The lowest BCUT2D eigenvalue weighted by Crippen LogP contribution is -2.27. The van der Waals surface area contributed by atoms with Crippen LogP contribution >= 0.6 is 0 Å². The molecule has 1 aliphatic heterocycles. The molecule has 0 atom stereocenters. The Labute approximate surface area is 88.5 Å². The molecular weight excluding hydrogens is 194 g/mol. The molecule has 0 amide bonds. The molecule has 4 nitrogen and oxygen atoms in total. The zero-order valence-electron chi connectivity index (χ0n) is 8.44. The number of nitrogens with one attached hydrogen (secondary N) is 1. The summed E-state index contributed by atoms with van der Waals surface area (Å²) in [6, 6.07) is 5.50. The third kappa shape index (κ3) is 2.22. The molecule has 1 aliphatic rings. The zero-order valence-corrected chi connectivity index (χ0v) is 8.44. The molecule has 15 heavy (non-hydrogen) atoms. The highest BCUT2D eigenvalue weighted by molar-refractivity contribution is 5.52. The number of hydrogen-bond acceptors (Lipinski definition) is 4. The van der Waals surface area contributed by atoms with Crippen molar-refractivity contribution in [2.75, 3.05) is 25.1 Å². The minimum absolute atomic E-state index is 0.0793. The van der Waals surface area contributed by atoms with E-state index in [1.807, 2.05) is 18.2 Å². The van der Waals surface area contributed by atoms with E-state index in [-0.39, 0.29) is 19.3 Å². The lowest BCUT2D eigenvalue weighted by atomic mass is 10.1. The lowest BCUT2D eigenvalue weighted by Gasteiger charge is -2.15. The number of ether oxygens (including phenoxy) is 1. The maximum Gasteiger partial charge on any atom is 0.122 e. The Hall–Kier alpha value is -1.26. The van der Waals surface area contributed by atoms with Crippen molar-refractivity contribution in [3.05, 3.63) is 23.8 Å². The van der Waals surface area contributed by atoms with E-state index < -0.39 is 0 Å². The molecule has 1 aromatic carbocycles. The van der Waals surface area contributed by atoms with Gasteiger partial charge in [0.2, 0.25) is 0 Å². The van der Waals surface area contributed by atoms with Crippen LogP contribution in [0.1, 0.15) is 5.56 Å². The molecule has 0 bridgehead atoms. The SMILES string of the molecule is OCC(CO)Nc1ccc2c(c1)CCO2. The Morgan fingerprint density at radius 2 is 2.13 bits per heavy atom. The average molecular weight is 209 g/mol. The van der Waals surface area contributed by atoms with Crippen molar-refractivity contribution in [3.8, 4) is 5.75 Å². The van der Waals surface area contributed by atoms with Crippen LogP contribution in [0.15, 0.2) is 18.2 Å². The van der Waals surface area contributed by atoms with Crippen LogP contribution in [0.25, 0.3) is 0 Å². The first kappa shape index (κ1) is 10.3. The van der Waals surface area contributed by atoms with Crippen molar-refractivity contribution < 1.29 is 14.9 Å². The van der Waals surface area contributed by atoms with E-state index in [1.165, 1.54) is 5.56 Å². The summed E-state index contributed by atoms with van der Waals surface area (Å²) in [5.41, 5.74) is 2.09. The Kier molecular flexibility index (Phi) is 3.08. The molecule has 3 N–H and O–H groups in total. The van der Waals surface area contributed by atoms with E-state index in [4.69, 9.17) is 14.9 Å². The maximum absolute atomic E-state index is 8.93. The zero-order chi connectivity index (χ0) is 10.7. The van der Waals surface area contributed by atoms with Crippen molar-refractivity contribution >= 4 is 5.69 Å². The number of benzene rings is 1. The van der Waals surface area contributed by atoms with Crippen LogP contribution < -0.4 is 10.1 Å². The first-order valence-corrected chi connectivity index (χ1v) is 5.07. The van der Waals surface area contributed by atoms with Gasteiger partial charge in [0.1, 0.15) is 5.75 Å². The molecule has 1 heterocycles. The first-order chi connectivity index (χ1) is 7.33. The van der Waals surface area contributed by atoms with Crippen molar-refractivity contribution in [2.24, 2.45) is 0 Å². The molecule has 0 fully saturated rings. The van der Waals surface area contributed by atoms with Crippen molar-refractivity contribution in [3.63, 3.8) is 0 Å². The van der Waals surface area contributed by atoms with Gasteiger partial charge in [-0.05, 0) is 23.8 Å². The highest BCUT2D eigenvalue weighted by atomic mass is 16.5. The lowest BCUT2D eigenvalue weighted by molar-refractivity contribution is 0.204. The number of aliphatic hydroxyl groups excluding tert-OH is 2. The summed E-state index contributed by atoms with van der Waals surface area (Å²) in [6.45, 7) is 0.580. The van der Waals surface area contributed by atoms with E-state index >= 15 is 0 Å². The predicted molar refractivity (Wildman–Crippen MR) is 57.2 cm³/mol. The van der Waals surface area contributed by atoms with Gasteiger partial charge in [0, 0.05) is 12.1 Å². The molecule has 2 rings (SSSR count). The molecule has 4 heteroatoms. The molecular formula is C11H15NO3. The van der Waals surface area contributed by atoms with Crippen LogP contribution in [-0.2, 0) is 6.42 Å². The predicted octanol–water partition coefficient (Wildman–Crippen LogP) is 0.387. The maximum atomic E-state index is 8.93. The van der Waals surface area contributed by atoms with Gasteiger partial charge in [0.15, 0.2) is 0 Å². The van der Waals surface area contributed by atoms with Gasteiger partial charge in [-0.3, -0.25) is 0 Å². The first-order valence-electron chi connectivity index (χ1n) is 5.07. The molecule has 0 saturated carbocycles. The van der Waals surface area contributed by atoms with Gasteiger partial charge in [0.25, 0.3) is 0 Å². The normalized spacial score (nSPS) is 13.8. The Morgan fingerprint density at radius 3 is 2.87 bits per heavy atom. The molecule has 82 valence electrons. The third-order valence-corrected chi connectivity index (χ3v) is 2.50. The summed E-state index contributed by atoms with van der Waals surface area (Å²) in [7, 11) is 0. The Morgan fingerprint density at radius 1 is 1.33 bits per heavy atom. The van der Waals surface area contributed by atoms with Gasteiger partial charge in [0.05, 0.1) is 25.9 Å². The third-order valence-electron chi connectivity index (χ3n) is 2.50. The number of anilines is 1. The smallest absolute Gasteiger partial charge is 0.122 e. The second-order valence-corrected chi connectivity index (χ2v) is 3.63. The van der Waals surface area contributed by atoms with E-state index in [1.54, 1.807) is 0 Å².